The maximum absolute atomic E-state index is 2.50. The van der Waals surface area contributed by atoms with Crippen molar-refractivity contribution in [3.63, 3.8) is 0 Å². The first-order chi connectivity index (χ1) is 31.1. The lowest BCUT2D eigenvalue weighted by Gasteiger charge is -2.42. The second kappa shape index (κ2) is 14.0. The summed E-state index contributed by atoms with van der Waals surface area (Å²) in [6.45, 7) is 13.9. The maximum Gasteiger partial charge on any atom is 0.0502 e. The lowest BCUT2D eigenvalue weighted by molar-refractivity contribution is 0.632. The molecule has 0 fully saturated rings. The van der Waals surface area contributed by atoms with E-state index in [4.69, 9.17) is 0 Å². The zero-order valence-electron chi connectivity index (χ0n) is 37.4. The molecule has 2 heteroatoms. The van der Waals surface area contributed by atoms with Crippen LogP contribution in [0.3, 0.4) is 0 Å². The van der Waals surface area contributed by atoms with Crippen molar-refractivity contribution < 1.29 is 0 Å². The Morgan fingerprint density at radius 2 is 0.703 bits per heavy atom. The minimum Gasteiger partial charge on any atom is -0.310 e. The molecule has 10 aromatic carbocycles. The van der Waals surface area contributed by atoms with E-state index in [-0.39, 0.29) is 10.8 Å². The van der Waals surface area contributed by atoms with Crippen molar-refractivity contribution in [1.29, 1.82) is 0 Å². The van der Waals surface area contributed by atoms with Gasteiger partial charge in [-0.1, -0.05) is 178 Å². The molecule has 10 aromatic rings. The molecule has 2 nitrogen and oxygen atoms in total. The standard InChI is InChI=1S/C62H50N2/c1-39-33-40(2)35-44(34-39)60-48-32-30-45(63-55-23-13-9-19-51(55)61(3,4)52-20-10-14-24-56(52)63)37-49(48)59(43-28-27-41-17-7-8-18-42(41)36-43)47-31-29-46(38-50(47)60)64-57-25-15-11-21-53(57)62(5,6)54-22-12-16-26-58(54)64/h7-38H,1-6H3. The fraction of sp³-hybridized carbons (Fsp3) is 0.129. The second-order valence-electron chi connectivity index (χ2n) is 19.1. The number of hydrogen-bond donors (Lipinski definition) is 0. The molecule has 64 heavy (non-hydrogen) atoms. The molecule has 0 N–H and O–H groups in total. The van der Waals surface area contributed by atoms with E-state index in [1.165, 1.54) is 111 Å². The third-order valence-electron chi connectivity index (χ3n) is 14.4. The fourth-order valence-electron chi connectivity index (χ4n) is 11.5. The number of fused-ring (bicyclic) bond motifs is 7. The van der Waals surface area contributed by atoms with Gasteiger partial charge in [0.05, 0.1) is 22.7 Å². The number of para-hydroxylation sites is 4. The van der Waals surface area contributed by atoms with Gasteiger partial charge in [0, 0.05) is 22.2 Å². The molecule has 0 amide bonds. The predicted octanol–water partition coefficient (Wildman–Crippen LogP) is 17.3. The average molecular weight is 823 g/mol. The van der Waals surface area contributed by atoms with Crippen molar-refractivity contribution in [2.24, 2.45) is 0 Å². The normalized spacial score (nSPS) is 14.6. The second-order valence-corrected chi connectivity index (χ2v) is 19.1. The highest BCUT2D eigenvalue weighted by Gasteiger charge is 2.38. The first-order valence-electron chi connectivity index (χ1n) is 22.7. The van der Waals surface area contributed by atoms with Crippen LogP contribution in [-0.4, -0.2) is 0 Å². The van der Waals surface area contributed by atoms with Gasteiger partial charge in [0.1, 0.15) is 0 Å². The molecule has 0 unspecified atom stereocenters. The molecule has 0 atom stereocenters. The van der Waals surface area contributed by atoms with Crippen molar-refractivity contribution in [2.75, 3.05) is 9.80 Å². The van der Waals surface area contributed by atoms with Crippen molar-refractivity contribution in [3.05, 3.63) is 228 Å². The summed E-state index contributed by atoms with van der Waals surface area (Å²) in [5, 5.41) is 7.42. The molecule has 2 heterocycles. The lowest BCUT2D eigenvalue weighted by atomic mass is 9.73. The Labute approximate surface area is 376 Å². The predicted molar refractivity (Wildman–Crippen MR) is 273 cm³/mol. The first kappa shape index (κ1) is 38.3. The van der Waals surface area contributed by atoms with Crippen molar-refractivity contribution in [1.82, 2.24) is 0 Å². The largest absolute Gasteiger partial charge is 0.310 e. The van der Waals surface area contributed by atoms with Crippen LogP contribution in [0.25, 0.3) is 54.6 Å². The Bertz CT molecular complexity index is 3430. The highest BCUT2D eigenvalue weighted by molar-refractivity contribution is 6.23. The summed E-state index contributed by atoms with van der Waals surface area (Å²) in [7, 11) is 0. The molecule has 308 valence electrons. The third kappa shape index (κ3) is 5.65. The zero-order chi connectivity index (χ0) is 43.5. The lowest BCUT2D eigenvalue weighted by Crippen LogP contribution is -2.30. The van der Waals surface area contributed by atoms with Crippen molar-refractivity contribution >= 4 is 66.4 Å². The number of nitrogens with zero attached hydrogens (tertiary/aromatic N) is 2. The molecule has 2 aliphatic heterocycles. The summed E-state index contributed by atoms with van der Waals surface area (Å²) >= 11 is 0. The van der Waals surface area contributed by atoms with Gasteiger partial charge in [0.2, 0.25) is 0 Å². The molecule has 0 aliphatic carbocycles. The summed E-state index contributed by atoms with van der Waals surface area (Å²) in [5.74, 6) is 0. The Morgan fingerprint density at radius 3 is 1.16 bits per heavy atom. The number of benzene rings is 10. The SMILES string of the molecule is Cc1cc(C)cc(-c2c3ccc(N4c5ccccc5C(C)(C)c5ccccc54)cc3c(-c3ccc4ccccc4c3)c3ccc(N4c5ccccc5C(C)(C)c5ccccc54)cc23)c1. The molecule has 2 aliphatic rings. The highest BCUT2D eigenvalue weighted by Crippen LogP contribution is 2.55. The van der Waals surface area contributed by atoms with E-state index >= 15 is 0 Å². The molecule has 0 saturated heterocycles. The number of anilines is 6. The average Bonchev–Trinajstić information content (AvgIpc) is 3.30. The monoisotopic (exact) mass is 822 g/mol. The van der Waals surface area contributed by atoms with E-state index in [2.05, 4.69) is 245 Å². The molecule has 0 aromatic heterocycles. The molecular weight excluding hydrogens is 773 g/mol. The van der Waals surface area contributed by atoms with Gasteiger partial charge in [0.15, 0.2) is 0 Å². The van der Waals surface area contributed by atoms with Gasteiger partial charge in [-0.2, -0.15) is 0 Å². The maximum atomic E-state index is 2.50. The Morgan fingerprint density at radius 1 is 0.312 bits per heavy atom. The van der Waals surface area contributed by atoms with Gasteiger partial charge in [-0.3, -0.25) is 0 Å². The van der Waals surface area contributed by atoms with E-state index in [0.717, 1.165) is 11.4 Å². The molecule has 0 saturated carbocycles. The van der Waals surface area contributed by atoms with E-state index < -0.39 is 0 Å². The third-order valence-corrected chi connectivity index (χ3v) is 14.4. The topological polar surface area (TPSA) is 6.48 Å². The first-order valence-corrected chi connectivity index (χ1v) is 22.7. The van der Waals surface area contributed by atoms with Crippen LogP contribution >= 0.6 is 0 Å². The van der Waals surface area contributed by atoms with Crippen LogP contribution in [-0.2, 0) is 10.8 Å². The number of hydrogen-bond acceptors (Lipinski definition) is 2. The van der Waals surface area contributed by atoms with Crippen LogP contribution in [0.4, 0.5) is 34.1 Å². The van der Waals surface area contributed by atoms with Crippen LogP contribution < -0.4 is 9.80 Å². The summed E-state index contributed by atoms with van der Waals surface area (Å²) in [6, 6.07) is 73.2. The smallest absolute Gasteiger partial charge is 0.0502 e. The molecule has 0 bridgehead atoms. The molecular formula is C62H50N2. The van der Waals surface area contributed by atoms with Crippen molar-refractivity contribution in [2.45, 2.75) is 52.4 Å². The van der Waals surface area contributed by atoms with E-state index in [1.807, 2.05) is 0 Å². The van der Waals surface area contributed by atoms with E-state index in [0.29, 0.717) is 0 Å². The van der Waals surface area contributed by atoms with Crippen LogP contribution in [0, 0.1) is 13.8 Å². The van der Waals surface area contributed by atoms with Crippen LogP contribution in [0.1, 0.15) is 61.1 Å². The summed E-state index contributed by atoms with van der Waals surface area (Å²) in [6.07, 6.45) is 0. The Balaban J connectivity index is 1.20. The summed E-state index contributed by atoms with van der Waals surface area (Å²) in [5.41, 5.74) is 19.7. The van der Waals surface area contributed by atoms with Crippen LogP contribution in [0.15, 0.2) is 194 Å². The quantitative estimate of drug-likeness (QED) is 0.163. The molecule has 0 spiro atoms. The van der Waals surface area contributed by atoms with Crippen LogP contribution in [0.2, 0.25) is 0 Å². The van der Waals surface area contributed by atoms with Gasteiger partial charge < -0.3 is 9.80 Å². The number of rotatable bonds is 4. The number of aryl methyl sites for hydroxylation is 2. The summed E-state index contributed by atoms with van der Waals surface area (Å²) in [4.78, 5) is 4.99. The fourth-order valence-corrected chi connectivity index (χ4v) is 11.5. The van der Waals surface area contributed by atoms with Gasteiger partial charge in [-0.05, 0) is 145 Å². The van der Waals surface area contributed by atoms with E-state index in [9.17, 15) is 0 Å². The van der Waals surface area contributed by atoms with Gasteiger partial charge in [-0.15, -0.1) is 0 Å². The van der Waals surface area contributed by atoms with Crippen LogP contribution in [0.5, 0.6) is 0 Å². The minimum absolute atomic E-state index is 0.146. The van der Waals surface area contributed by atoms with Gasteiger partial charge >= 0.3 is 0 Å². The zero-order valence-corrected chi connectivity index (χ0v) is 37.4. The summed E-state index contributed by atoms with van der Waals surface area (Å²) < 4.78 is 0. The minimum atomic E-state index is -0.147. The van der Waals surface area contributed by atoms with Crippen molar-refractivity contribution in [3.8, 4) is 22.3 Å². The molecule has 12 rings (SSSR count). The Kier molecular flexibility index (Phi) is 8.40. The Hall–Kier alpha value is -7.42. The highest BCUT2D eigenvalue weighted by atomic mass is 15.2. The van der Waals surface area contributed by atoms with Gasteiger partial charge in [-0.25, -0.2) is 0 Å². The molecule has 0 radical (unpaired) electrons. The van der Waals surface area contributed by atoms with E-state index in [1.54, 1.807) is 0 Å². The van der Waals surface area contributed by atoms with Gasteiger partial charge in [0.25, 0.3) is 0 Å².